The molecule has 4 heteroatoms. The van der Waals surface area contributed by atoms with Crippen LogP contribution in [0.2, 0.25) is 0 Å². The molecule has 19 heavy (non-hydrogen) atoms. The number of nitrogens with zero attached hydrogens (tertiary/aromatic N) is 2. The number of carbonyl (C=O) groups is 2. The van der Waals surface area contributed by atoms with Gasteiger partial charge in [-0.2, -0.15) is 0 Å². The van der Waals surface area contributed by atoms with Gasteiger partial charge >= 0.3 is 0 Å². The third-order valence-electron chi connectivity index (χ3n) is 5.53. The second-order valence-corrected chi connectivity index (χ2v) is 6.51. The van der Waals surface area contributed by atoms with Crippen molar-refractivity contribution in [2.75, 3.05) is 13.1 Å². The van der Waals surface area contributed by atoms with Gasteiger partial charge < -0.3 is 9.80 Å². The van der Waals surface area contributed by atoms with Crippen molar-refractivity contribution < 1.29 is 9.59 Å². The SMILES string of the molecule is CC1CCC(N2CCC(=O)N3CCCC3C2=O)C1C. The predicted molar refractivity (Wildman–Crippen MR) is 72.4 cm³/mol. The van der Waals surface area contributed by atoms with Crippen LogP contribution in [0, 0.1) is 11.8 Å². The Labute approximate surface area is 115 Å². The Kier molecular flexibility index (Phi) is 3.27. The number of hydrogen-bond donors (Lipinski definition) is 0. The molecule has 106 valence electrons. The van der Waals surface area contributed by atoms with Crippen molar-refractivity contribution in [1.82, 2.24) is 9.80 Å². The quantitative estimate of drug-likeness (QED) is 0.722. The Morgan fingerprint density at radius 3 is 2.47 bits per heavy atom. The molecule has 3 fully saturated rings. The minimum Gasteiger partial charge on any atom is -0.337 e. The van der Waals surface area contributed by atoms with Gasteiger partial charge in [-0.3, -0.25) is 9.59 Å². The summed E-state index contributed by atoms with van der Waals surface area (Å²) < 4.78 is 0. The van der Waals surface area contributed by atoms with E-state index in [0.717, 1.165) is 25.8 Å². The van der Waals surface area contributed by atoms with E-state index in [0.29, 0.717) is 30.8 Å². The summed E-state index contributed by atoms with van der Waals surface area (Å²) in [5.74, 6) is 1.65. The van der Waals surface area contributed by atoms with Crippen LogP contribution in [0.1, 0.15) is 46.0 Å². The fraction of sp³-hybridized carbons (Fsp3) is 0.867. The molecule has 0 spiro atoms. The van der Waals surface area contributed by atoms with Crippen molar-refractivity contribution in [3.05, 3.63) is 0 Å². The molecule has 2 heterocycles. The largest absolute Gasteiger partial charge is 0.337 e. The van der Waals surface area contributed by atoms with Gasteiger partial charge in [0, 0.05) is 25.6 Å². The van der Waals surface area contributed by atoms with Crippen LogP contribution in [-0.2, 0) is 9.59 Å². The monoisotopic (exact) mass is 264 g/mol. The van der Waals surface area contributed by atoms with Crippen molar-refractivity contribution in [3.8, 4) is 0 Å². The Bertz CT molecular complexity index is 396. The van der Waals surface area contributed by atoms with E-state index in [1.165, 1.54) is 6.42 Å². The minimum absolute atomic E-state index is 0.155. The maximum absolute atomic E-state index is 12.7. The zero-order valence-corrected chi connectivity index (χ0v) is 12.0. The van der Waals surface area contributed by atoms with Crippen LogP contribution in [0.4, 0.5) is 0 Å². The average molecular weight is 264 g/mol. The molecule has 0 radical (unpaired) electrons. The average Bonchev–Trinajstić information content (AvgIpc) is 2.97. The van der Waals surface area contributed by atoms with Gasteiger partial charge in [-0.15, -0.1) is 0 Å². The van der Waals surface area contributed by atoms with E-state index in [4.69, 9.17) is 0 Å². The number of fused-ring (bicyclic) bond motifs is 1. The highest BCUT2D eigenvalue weighted by Crippen LogP contribution is 2.36. The smallest absolute Gasteiger partial charge is 0.245 e. The van der Waals surface area contributed by atoms with Crippen LogP contribution >= 0.6 is 0 Å². The molecule has 4 atom stereocenters. The number of amides is 2. The molecule has 0 N–H and O–H groups in total. The van der Waals surface area contributed by atoms with Gasteiger partial charge in [0.1, 0.15) is 6.04 Å². The number of hydrogen-bond acceptors (Lipinski definition) is 2. The molecule has 0 bridgehead atoms. The molecule has 4 nitrogen and oxygen atoms in total. The van der Waals surface area contributed by atoms with Gasteiger partial charge in [0.2, 0.25) is 11.8 Å². The highest BCUT2D eigenvalue weighted by molar-refractivity contribution is 5.90. The topological polar surface area (TPSA) is 40.6 Å². The van der Waals surface area contributed by atoms with Crippen molar-refractivity contribution in [1.29, 1.82) is 0 Å². The van der Waals surface area contributed by atoms with Gasteiger partial charge in [0.05, 0.1) is 0 Å². The fourth-order valence-corrected chi connectivity index (χ4v) is 4.09. The molecule has 1 saturated carbocycles. The molecule has 2 aliphatic heterocycles. The standard InChI is InChI=1S/C15H24N2O2/c1-10-5-6-12(11(10)2)17-9-7-14(18)16-8-3-4-13(16)15(17)19/h10-13H,3-9H2,1-2H3. The van der Waals surface area contributed by atoms with Crippen LogP contribution in [-0.4, -0.2) is 46.8 Å². The van der Waals surface area contributed by atoms with Crippen LogP contribution in [0.25, 0.3) is 0 Å². The summed E-state index contributed by atoms with van der Waals surface area (Å²) in [6.45, 7) is 5.95. The van der Waals surface area contributed by atoms with Crippen LogP contribution in [0.3, 0.4) is 0 Å². The molecular formula is C15H24N2O2. The maximum Gasteiger partial charge on any atom is 0.245 e. The van der Waals surface area contributed by atoms with Crippen molar-refractivity contribution in [2.24, 2.45) is 11.8 Å². The molecule has 0 aromatic heterocycles. The summed E-state index contributed by atoms with van der Waals surface area (Å²) in [7, 11) is 0. The number of rotatable bonds is 1. The normalized spacial score (nSPS) is 39.7. The lowest BCUT2D eigenvalue weighted by molar-refractivity contribution is -0.141. The van der Waals surface area contributed by atoms with Crippen molar-refractivity contribution in [3.63, 3.8) is 0 Å². The second kappa shape index (κ2) is 4.80. The van der Waals surface area contributed by atoms with E-state index in [1.54, 1.807) is 0 Å². The molecule has 3 aliphatic rings. The molecule has 3 rings (SSSR count). The summed E-state index contributed by atoms with van der Waals surface area (Å²) in [4.78, 5) is 28.7. The molecule has 2 amide bonds. The Morgan fingerprint density at radius 2 is 1.79 bits per heavy atom. The third-order valence-corrected chi connectivity index (χ3v) is 5.53. The first-order chi connectivity index (χ1) is 9.09. The summed E-state index contributed by atoms with van der Waals surface area (Å²) in [6, 6.07) is 0.203. The summed E-state index contributed by atoms with van der Waals surface area (Å²) >= 11 is 0. The molecule has 4 unspecified atom stereocenters. The van der Waals surface area contributed by atoms with Gasteiger partial charge in [-0.05, 0) is 37.5 Å². The summed E-state index contributed by atoms with van der Waals surface area (Å²) in [5, 5.41) is 0. The van der Waals surface area contributed by atoms with Gasteiger partial charge in [0.15, 0.2) is 0 Å². The third kappa shape index (κ3) is 2.05. The van der Waals surface area contributed by atoms with E-state index < -0.39 is 0 Å². The first kappa shape index (κ1) is 12.9. The van der Waals surface area contributed by atoms with E-state index in [2.05, 4.69) is 13.8 Å². The molecule has 1 aliphatic carbocycles. The van der Waals surface area contributed by atoms with Gasteiger partial charge in [-0.1, -0.05) is 13.8 Å². The second-order valence-electron chi connectivity index (χ2n) is 6.51. The Hall–Kier alpha value is -1.06. The fourth-order valence-electron chi connectivity index (χ4n) is 4.09. The van der Waals surface area contributed by atoms with Crippen LogP contribution in [0.5, 0.6) is 0 Å². The van der Waals surface area contributed by atoms with E-state index in [1.807, 2.05) is 9.80 Å². The van der Waals surface area contributed by atoms with E-state index in [-0.39, 0.29) is 17.9 Å². The molecule has 0 aromatic carbocycles. The first-order valence-corrected chi connectivity index (χ1v) is 7.69. The van der Waals surface area contributed by atoms with Crippen LogP contribution in [0.15, 0.2) is 0 Å². The molecular weight excluding hydrogens is 240 g/mol. The van der Waals surface area contributed by atoms with Gasteiger partial charge in [0.25, 0.3) is 0 Å². The van der Waals surface area contributed by atoms with E-state index in [9.17, 15) is 9.59 Å². The van der Waals surface area contributed by atoms with Gasteiger partial charge in [-0.25, -0.2) is 0 Å². The number of carbonyl (C=O) groups excluding carboxylic acids is 2. The Morgan fingerprint density at radius 1 is 1.00 bits per heavy atom. The minimum atomic E-state index is -0.155. The van der Waals surface area contributed by atoms with Crippen LogP contribution < -0.4 is 0 Å². The molecule has 0 aromatic rings. The Balaban J connectivity index is 1.82. The van der Waals surface area contributed by atoms with E-state index >= 15 is 0 Å². The zero-order valence-electron chi connectivity index (χ0n) is 12.0. The lowest BCUT2D eigenvalue weighted by Gasteiger charge is -2.33. The summed E-state index contributed by atoms with van der Waals surface area (Å²) in [5.41, 5.74) is 0. The lowest BCUT2D eigenvalue weighted by atomic mass is 9.96. The highest BCUT2D eigenvalue weighted by atomic mass is 16.2. The zero-order chi connectivity index (χ0) is 13.6. The first-order valence-electron chi connectivity index (χ1n) is 7.69. The lowest BCUT2D eigenvalue weighted by Crippen LogP contribution is -2.48. The van der Waals surface area contributed by atoms with Crippen molar-refractivity contribution >= 4 is 11.8 Å². The predicted octanol–water partition coefficient (Wildman–Crippen LogP) is 1.64. The van der Waals surface area contributed by atoms with Crippen molar-refractivity contribution in [2.45, 2.75) is 58.0 Å². The highest BCUT2D eigenvalue weighted by Gasteiger charge is 2.44. The maximum atomic E-state index is 12.7. The molecule has 2 saturated heterocycles. The summed E-state index contributed by atoms with van der Waals surface area (Å²) in [6.07, 6.45) is 4.66.